The molecule has 14 heavy (non-hydrogen) atoms. The standard InChI is InChI=1S/C10H18N2O2/c1-6(2)8-10(14-5)11-7(3)9(12-8)13-4/h6-8H,1-5H3/t7-,8?/m0/s1. The first-order valence-electron chi connectivity index (χ1n) is 4.83. The largest absolute Gasteiger partial charge is 0.483 e. The molecule has 0 aromatic rings. The minimum absolute atomic E-state index is 0.00819. The van der Waals surface area contributed by atoms with Crippen LogP contribution >= 0.6 is 0 Å². The van der Waals surface area contributed by atoms with Crippen LogP contribution in [0.5, 0.6) is 0 Å². The van der Waals surface area contributed by atoms with Gasteiger partial charge in [-0.1, -0.05) is 13.8 Å². The Balaban J connectivity index is 2.91. The number of hydrogen-bond acceptors (Lipinski definition) is 4. The van der Waals surface area contributed by atoms with Crippen molar-refractivity contribution in [2.45, 2.75) is 32.9 Å². The molecular weight excluding hydrogens is 180 g/mol. The maximum atomic E-state index is 5.22. The van der Waals surface area contributed by atoms with Crippen molar-refractivity contribution in [2.75, 3.05) is 14.2 Å². The van der Waals surface area contributed by atoms with Crippen molar-refractivity contribution in [1.29, 1.82) is 0 Å². The molecule has 0 fully saturated rings. The van der Waals surface area contributed by atoms with E-state index in [-0.39, 0.29) is 12.1 Å². The van der Waals surface area contributed by atoms with Gasteiger partial charge >= 0.3 is 0 Å². The molecule has 1 heterocycles. The number of rotatable bonds is 1. The lowest BCUT2D eigenvalue weighted by Crippen LogP contribution is -2.36. The van der Waals surface area contributed by atoms with Gasteiger partial charge in [0.15, 0.2) is 0 Å². The third-order valence-corrected chi connectivity index (χ3v) is 2.25. The molecule has 4 heteroatoms. The molecular formula is C10H18N2O2. The highest BCUT2D eigenvalue weighted by Gasteiger charge is 2.28. The minimum Gasteiger partial charge on any atom is -0.483 e. The predicted octanol–water partition coefficient (Wildman–Crippen LogP) is 1.50. The molecule has 0 radical (unpaired) electrons. The van der Waals surface area contributed by atoms with Crippen LogP contribution in [0, 0.1) is 5.92 Å². The normalized spacial score (nSPS) is 27.0. The zero-order chi connectivity index (χ0) is 10.7. The van der Waals surface area contributed by atoms with Crippen molar-refractivity contribution in [3.63, 3.8) is 0 Å². The topological polar surface area (TPSA) is 43.2 Å². The van der Waals surface area contributed by atoms with Gasteiger partial charge in [0.2, 0.25) is 11.8 Å². The maximum Gasteiger partial charge on any atom is 0.209 e. The van der Waals surface area contributed by atoms with Crippen LogP contribution in [0.3, 0.4) is 0 Å². The van der Waals surface area contributed by atoms with Gasteiger partial charge in [0.1, 0.15) is 12.1 Å². The van der Waals surface area contributed by atoms with E-state index >= 15 is 0 Å². The fourth-order valence-electron chi connectivity index (χ4n) is 1.45. The lowest BCUT2D eigenvalue weighted by molar-refractivity contribution is 0.335. The predicted molar refractivity (Wildman–Crippen MR) is 57.0 cm³/mol. The van der Waals surface area contributed by atoms with E-state index in [9.17, 15) is 0 Å². The zero-order valence-corrected chi connectivity index (χ0v) is 9.44. The molecule has 0 N–H and O–H groups in total. The van der Waals surface area contributed by atoms with Gasteiger partial charge in [-0.3, -0.25) is 0 Å². The fourth-order valence-corrected chi connectivity index (χ4v) is 1.45. The summed E-state index contributed by atoms with van der Waals surface area (Å²) in [6, 6.07) is -0.0453. The van der Waals surface area contributed by atoms with Crippen LogP contribution in [-0.4, -0.2) is 38.1 Å². The van der Waals surface area contributed by atoms with E-state index in [1.807, 2.05) is 6.92 Å². The fraction of sp³-hybridized carbons (Fsp3) is 0.800. The molecule has 0 bridgehead atoms. The lowest BCUT2D eigenvalue weighted by Gasteiger charge is -2.25. The van der Waals surface area contributed by atoms with Gasteiger partial charge in [-0.25, -0.2) is 9.98 Å². The Labute approximate surface area is 85.0 Å². The lowest BCUT2D eigenvalue weighted by atomic mass is 10.0. The summed E-state index contributed by atoms with van der Waals surface area (Å²) in [5, 5.41) is 0. The summed E-state index contributed by atoms with van der Waals surface area (Å²) in [7, 11) is 3.26. The van der Waals surface area contributed by atoms with E-state index < -0.39 is 0 Å². The summed E-state index contributed by atoms with van der Waals surface area (Å²) < 4.78 is 10.4. The Morgan fingerprint density at radius 1 is 1.07 bits per heavy atom. The average molecular weight is 198 g/mol. The Bertz CT molecular complexity index is 259. The van der Waals surface area contributed by atoms with E-state index in [2.05, 4.69) is 23.8 Å². The molecule has 1 aliphatic rings. The van der Waals surface area contributed by atoms with Crippen LogP contribution in [0.4, 0.5) is 0 Å². The van der Waals surface area contributed by atoms with Crippen molar-refractivity contribution in [3.05, 3.63) is 0 Å². The first-order valence-corrected chi connectivity index (χ1v) is 4.83. The van der Waals surface area contributed by atoms with Gasteiger partial charge in [-0.05, 0) is 12.8 Å². The number of aliphatic imine (C=N–C) groups is 2. The van der Waals surface area contributed by atoms with Gasteiger partial charge in [0.05, 0.1) is 14.2 Å². The molecule has 2 atom stereocenters. The van der Waals surface area contributed by atoms with Crippen molar-refractivity contribution in [1.82, 2.24) is 0 Å². The number of hydrogen-bond donors (Lipinski definition) is 0. The van der Waals surface area contributed by atoms with E-state index in [4.69, 9.17) is 9.47 Å². The molecule has 0 saturated carbocycles. The van der Waals surface area contributed by atoms with Crippen LogP contribution < -0.4 is 0 Å². The quantitative estimate of drug-likeness (QED) is 0.641. The molecule has 1 unspecified atom stereocenters. The molecule has 0 aromatic carbocycles. The summed E-state index contributed by atoms with van der Waals surface area (Å²) in [5.74, 6) is 1.75. The van der Waals surface area contributed by atoms with Crippen LogP contribution in [-0.2, 0) is 9.47 Å². The molecule has 0 aromatic heterocycles. The number of nitrogens with zero attached hydrogens (tertiary/aromatic N) is 2. The molecule has 4 nitrogen and oxygen atoms in total. The second kappa shape index (κ2) is 4.44. The van der Waals surface area contributed by atoms with E-state index in [0.717, 1.165) is 0 Å². The van der Waals surface area contributed by atoms with Crippen molar-refractivity contribution < 1.29 is 9.47 Å². The molecule has 1 rings (SSSR count). The van der Waals surface area contributed by atoms with Gasteiger partial charge in [-0.2, -0.15) is 0 Å². The molecule has 1 aliphatic heterocycles. The maximum absolute atomic E-state index is 5.22. The summed E-state index contributed by atoms with van der Waals surface area (Å²) in [4.78, 5) is 8.87. The average Bonchev–Trinajstić information content (AvgIpc) is 2.16. The van der Waals surface area contributed by atoms with Crippen LogP contribution in [0.15, 0.2) is 9.98 Å². The first-order chi connectivity index (χ1) is 6.60. The Hall–Kier alpha value is -1.06. The van der Waals surface area contributed by atoms with E-state index in [1.54, 1.807) is 14.2 Å². The highest BCUT2D eigenvalue weighted by molar-refractivity contribution is 5.93. The highest BCUT2D eigenvalue weighted by Crippen LogP contribution is 2.16. The van der Waals surface area contributed by atoms with Gasteiger partial charge in [-0.15, -0.1) is 0 Å². The Morgan fingerprint density at radius 2 is 1.64 bits per heavy atom. The summed E-state index contributed by atoms with van der Waals surface area (Å²) in [6.07, 6.45) is 0. The minimum atomic E-state index is -0.0371. The van der Waals surface area contributed by atoms with Crippen LogP contribution in [0.25, 0.3) is 0 Å². The smallest absolute Gasteiger partial charge is 0.209 e. The second-order valence-electron chi connectivity index (χ2n) is 3.71. The number of ether oxygens (including phenoxy) is 2. The Morgan fingerprint density at radius 3 is 2.07 bits per heavy atom. The van der Waals surface area contributed by atoms with Crippen molar-refractivity contribution >= 4 is 11.8 Å². The summed E-state index contributed by atoms with van der Waals surface area (Å²) >= 11 is 0. The third-order valence-electron chi connectivity index (χ3n) is 2.25. The first kappa shape index (κ1) is 11.0. The van der Waals surface area contributed by atoms with Gasteiger partial charge in [0, 0.05) is 0 Å². The van der Waals surface area contributed by atoms with Gasteiger partial charge < -0.3 is 9.47 Å². The van der Waals surface area contributed by atoms with Gasteiger partial charge in [0.25, 0.3) is 0 Å². The molecule has 0 spiro atoms. The summed E-state index contributed by atoms with van der Waals surface area (Å²) in [5.41, 5.74) is 0. The number of methoxy groups -OCH3 is 2. The van der Waals surface area contributed by atoms with Crippen molar-refractivity contribution in [2.24, 2.45) is 15.9 Å². The molecule has 0 amide bonds. The Kier molecular flexibility index (Phi) is 3.49. The van der Waals surface area contributed by atoms with E-state index in [1.165, 1.54) is 0 Å². The summed E-state index contributed by atoms with van der Waals surface area (Å²) in [6.45, 7) is 6.12. The zero-order valence-electron chi connectivity index (χ0n) is 9.44. The SMILES string of the molecule is COC1=N[C@@H](C)C(OC)=NC1C(C)C. The van der Waals surface area contributed by atoms with Crippen LogP contribution in [0.2, 0.25) is 0 Å². The van der Waals surface area contributed by atoms with E-state index in [0.29, 0.717) is 17.7 Å². The monoisotopic (exact) mass is 198 g/mol. The third kappa shape index (κ3) is 2.05. The highest BCUT2D eigenvalue weighted by atomic mass is 16.5. The molecule has 0 aliphatic carbocycles. The molecule has 0 saturated heterocycles. The second-order valence-corrected chi connectivity index (χ2v) is 3.71. The molecule has 80 valence electrons. The van der Waals surface area contributed by atoms with Crippen molar-refractivity contribution in [3.8, 4) is 0 Å². The van der Waals surface area contributed by atoms with Crippen LogP contribution in [0.1, 0.15) is 20.8 Å².